The van der Waals surface area contributed by atoms with Gasteiger partial charge in [-0.3, -0.25) is 0 Å². The topological polar surface area (TPSA) is 27.1 Å². The van der Waals surface area contributed by atoms with Gasteiger partial charge in [0.05, 0.1) is 0 Å². The Morgan fingerprint density at radius 1 is 0.966 bits per heavy atom. The molecule has 1 heterocycles. The molecule has 0 aliphatic rings. The third-order valence-electron chi connectivity index (χ3n) is 5.47. The van der Waals surface area contributed by atoms with Crippen LogP contribution in [0.25, 0.3) is 10.9 Å². The second-order valence-electron chi connectivity index (χ2n) is 7.91. The van der Waals surface area contributed by atoms with Crippen LogP contribution in [0.3, 0.4) is 0 Å². The Hall–Kier alpha value is -0.921. The Kier molecular flexibility index (Phi) is 9.16. The maximum absolute atomic E-state index is 12.7. The van der Waals surface area contributed by atoms with Crippen LogP contribution in [-0.2, 0) is 7.05 Å². The van der Waals surface area contributed by atoms with Crippen molar-refractivity contribution < 1.29 is 17.9 Å². The molecule has 0 aliphatic heterocycles. The van der Waals surface area contributed by atoms with Crippen LogP contribution in [0.1, 0.15) is 78.6 Å². The Balaban J connectivity index is 2.42. The van der Waals surface area contributed by atoms with Crippen LogP contribution in [0.15, 0.2) is 18.2 Å². The Labute approximate surface area is 182 Å². The summed E-state index contributed by atoms with van der Waals surface area (Å²) in [4.78, 5) is 0. The van der Waals surface area contributed by atoms with E-state index in [1.807, 2.05) is 11.7 Å². The minimum atomic E-state index is -4.68. The van der Waals surface area contributed by atoms with Crippen molar-refractivity contribution in [2.45, 2.75) is 88.4 Å². The van der Waals surface area contributed by atoms with Gasteiger partial charge in [-0.25, -0.2) is 0 Å². The predicted octanol–water partition coefficient (Wildman–Crippen LogP) is 6.53. The molecule has 0 fully saturated rings. The molecule has 0 saturated carbocycles. The molecule has 29 heavy (non-hydrogen) atoms. The number of hydrogen-bond donors (Lipinski definition) is 0. The SMILES string of the molecule is CCCC[C](CCCC)(CCCC)[Sn][c]1nn(C)c2ccc(OC(F)(F)F)cc12. The fourth-order valence-corrected chi connectivity index (χ4v) is 9.44. The van der Waals surface area contributed by atoms with E-state index >= 15 is 0 Å². The number of alkyl halides is 3. The van der Waals surface area contributed by atoms with Crippen LogP contribution in [0.5, 0.6) is 5.75 Å². The van der Waals surface area contributed by atoms with Crippen LogP contribution in [0.4, 0.5) is 13.2 Å². The molecular weight excluding hydrogens is 484 g/mol. The van der Waals surface area contributed by atoms with E-state index in [2.05, 4.69) is 25.5 Å². The van der Waals surface area contributed by atoms with Crippen LogP contribution in [0.2, 0.25) is 3.43 Å². The number of nitrogens with zero attached hydrogens (tertiary/aromatic N) is 2. The minimum absolute atomic E-state index is 0.153. The second kappa shape index (κ2) is 10.9. The quantitative estimate of drug-likeness (QED) is 0.300. The first-order valence-corrected chi connectivity index (χ1v) is 13.6. The summed E-state index contributed by atoms with van der Waals surface area (Å²) in [6, 6.07) is 4.61. The average molecular weight is 517 g/mol. The molecule has 2 radical (unpaired) electrons. The number of fused-ring (bicyclic) bond motifs is 1. The molecule has 0 aliphatic carbocycles. The van der Waals surface area contributed by atoms with Gasteiger partial charge in [-0.2, -0.15) is 0 Å². The van der Waals surface area contributed by atoms with Crippen LogP contribution < -0.4 is 8.45 Å². The van der Waals surface area contributed by atoms with Gasteiger partial charge in [0.1, 0.15) is 0 Å². The molecule has 0 unspecified atom stereocenters. The molecule has 0 atom stereocenters. The number of rotatable bonds is 12. The summed E-state index contributed by atoms with van der Waals surface area (Å²) < 4.78 is 45.5. The van der Waals surface area contributed by atoms with E-state index in [1.54, 1.807) is 6.07 Å². The van der Waals surface area contributed by atoms with Gasteiger partial charge in [-0.1, -0.05) is 0 Å². The molecule has 2 rings (SSSR count). The van der Waals surface area contributed by atoms with Crippen molar-refractivity contribution in [2.75, 3.05) is 0 Å². The standard InChI is InChI=1S/C13H27.C9H6F3N2O.Sn/c1-4-7-10-13(11-8-5-2)12-9-6-3;1-14-8-3-2-7(15-9(10,11)12)4-6(8)5-13-14;/h4-12H2,1-3H3;2-4H,1H3;. The van der Waals surface area contributed by atoms with Crippen LogP contribution >= 0.6 is 0 Å². The molecule has 1 aromatic heterocycles. The summed E-state index contributed by atoms with van der Waals surface area (Å²) in [7, 11) is 1.88. The molecule has 0 N–H and O–H groups in total. The van der Waals surface area contributed by atoms with E-state index in [-0.39, 0.29) is 5.75 Å². The fraction of sp³-hybridized carbons (Fsp3) is 0.682. The van der Waals surface area contributed by atoms with E-state index in [0.717, 1.165) is 14.6 Å². The first-order chi connectivity index (χ1) is 13.7. The van der Waals surface area contributed by atoms with Crippen LogP contribution in [-0.4, -0.2) is 37.3 Å². The Bertz CT molecular complexity index is 751. The normalized spacial score (nSPS) is 12.7. The molecular formula is C22H33F3N2OSn. The van der Waals surface area contributed by atoms with Crippen molar-refractivity contribution in [3.05, 3.63) is 18.2 Å². The molecule has 7 heteroatoms. The van der Waals surface area contributed by atoms with Crippen LogP contribution in [0, 0.1) is 0 Å². The Morgan fingerprint density at radius 3 is 2.00 bits per heavy atom. The van der Waals surface area contributed by atoms with Gasteiger partial charge in [0.15, 0.2) is 0 Å². The number of aryl methyl sites for hydroxylation is 1. The van der Waals surface area contributed by atoms with Gasteiger partial charge >= 0.3 is 183 Å². The van der Waals surface area contributed by atoms with Gasteiger partial charge in [-0.05, 0) is 0 Å². The summed E-state index contributed by atoms with van der Waals surface area (Å²) in [6.45, 7) is 6.69. The number of halogens is 3. The summed E-state index contributed by atoms with van der Waals surface area (Å²) >= 11 is -1.15. The zero-order valence-corrected chi connectivity index (χ0v) is 20.9. The zero-order chi connectivity index (χ0) is 21.5. The summed E-state index contributed by atoms with van der Waals surface area (Å²) in [5, 5.41) is 5.63. The third kappa shape index (κ3) is 7.07. The molecule has 0 amide bonds. The maximum atomic E-state index is 12.7. The third-order valence-corrected chi connectivity index (χ3v) is 10.8. The van der Waals surface area contributed by atoms with Crippen molar-refractivity contribution in [1.29, 1.82) is 0 Å². The molecule has 0 bridgehead atoms. The number of benzene rings is 1. The van der Waals surface area contributed by atoms with Gasteiger partial charge < -0.3 is 0 Å². The fourth-order valence-electron chi connectivity index (χ4n) is 3.89. The van der Waals surface area contributed by atoms with Gasteiger partial charge in [0.2, 0.25) is 0 Å². The van der Waals surface area contributed by atoms with E-state index in [0.29, 0.717) is 3.43 Å². The van der Waals surface area contributed by atoms with E-state index in [1.165, 1.54) is 69.9 Å². The number of aromatic nitrogens is 2. The monoisotopic (exact) mass is 518 g/mol. The van der Waals surface area contributed by atoms with Crippen molar-refractivity contribution in [2.24, 2.45) is 7.05 Å². The molecule has 1 aromatic carbocycles. The second-order valence-corrected chi connectivity index (χ2v) is 13.0. The Morgan fingerprint density at radius 2 is 1.52 bits per heavy atom. The van der Waals surface area contributed by atoms with Gasteiger partial charge in [0, 0.05) is 0 Å². The van der Waals surface area contributed by atoms with Gasteiger partial charge in [0.25, 0.3) is 0 Å². The van der Waals surface area contributed by atoms with E-state index < -0.39 is 27.5 Å². The average Bonchev–Trinajstić information content (AvgIpc) is 2.96. The van der Waals surface area contributed by atoms with Crippen molar-refractivity contribution in [1.82, 2.24) is 9.78 Å². The number of ether oxygens (including phenoxy) is 1. The molecule has 162 valence electrons. The first-order valence-electron chi connectivity index (χ1n) is 10.7. The summed E-state index contributed by atoms with van der Waals surface area (Å²) in [5.41, 5.74) is 0.880. The summed E-state index contributed by atoms with van der Waals surface area (Å²) in [6.07, 6.45) is 6.11. The molecule has 2 aromatic rings. The number of unbranched alkanes of at least 4 members (excludes halogenated alkanes) is 3. The summed E-state index contributed by atoms with van der Waals surface area (Å²) in [5.74, 6) is -0.153. The van der Waals surface area contributed by atoms with Crippen molar-refractivity contribution in [3.8, 4) is 5.75 Å². The molecule has 0 spiro atoms. The van der Waals surface area contributed by atoms with E-state index in [4.69, 9.17) is 5.10 Å². The van der Waals surface area contributed by atoms with Crippen molar-refractivity contribution in [3.63, 3.8) is 0 Å². The zero-order valence-electron chi connectivity index (χ0n) is 18.0. The van der Waals surface area contributed by atoms with Crippen molar-refractivity contribution >= 4 is 35.8 Å². The molecule has 3 nitrogen and oxygen atoms in total. The van der Waals surface area contributed by atoms with E-state index in [9.17, 15) is 13.2 Å². The number of hydrogen-bond acceptors (Lipinski definition) is 2. The first kappa shape index (κ1) is 24.3. The van der Waals surface area contributed by atoms with Gasteiger partial charge in [-0.15, -0.1) is 0 Å². The predicted molar refractivity (Wildman–Crippen MR) is 114 cm³/mol. The molecule has 0 saturated heterocycles.